The molecule has 162 valence electrons. The topological polar surface area (TPSA) is 60.0 Å². The summed E-state index contributed by atoms with van der Waals surface area (Å²) in [6, 6.07) is 14.0. The molecule has 2 aromatic rings. The van der Waals surface area contributed by atoms with E-state index in [-0.39, 0.29) is 18.5 Å². The maximum Gasteiger partial charge on any atom is 0.236 e. The molecule has 0 aromatic heterocycles. The number of hydrogen-bond acceptors (Lipinski definition) is 5. The third kappa shape index (κ3) is 5.45. The lowest BCUT2D eigenvalue weighted by molar-refractivity contribution is -0.130. The van der Waals surface area contributed by atoms with Gasteiger partial charge in [-0.15, -0.1) is 0 Å². The molecule has 3 rings (SSSR count). The molecule has 0 saturated heterocycles. The Kier molecular flexibility index (Phi) is 7.57. The van der Waals surface area contributed by atoms with Crippen molar-refractivity contribution in [3.8, 4) is 17.2 Å². The molecule has 1 N–H and O–H groups in total. The van der Waals surface area contributed by atoms with Crippen LogP contribution in [0.1, 0.15) is 37.9 Å². The first-order valence-corrected chi connectivity index (χ1v) is 10.6. The van der Waals surface area contributed by atoms with E-state index in [4.69, 9.17) is 14.2 Å². The Balaban J connectivity index is 1.62. The van der Waals surface area contributed by atoms with Gasteiger partial charge in [-0.1, -0.05) is 32.0 Å². The maximum absolute atomic E-state index is 12.9. The fourth-order valence-corrected chi connectivity index (χ4v) is 3.64. The van der Waals surface area contributed by atoms with E-state index >= 15 is 0 Å². The van der Waals surface area contributed by atoms with Crippen molar-refractivity contribution in [1.82, 2.24) is 10.2 Å². The largest absolute Gasteiger partial charge is 0.497 e. The van der Waals surface area contributed by atoms with Crippen molar-refractivity contribution in [2.75, 3.05) is 33.4 Å². The van der Waals surface area contributed by atoms with E-state index in [9.17, 15) is 4.79 Å². The summed E-state index contributed by atoms with van der Waals surface area (Å²) in [6.45, 7) is 8.90. The lowest BCUT2D eigenvalue weighted by atomic mass is 9.96. The summed E-state index contributed by atoms with van der Waals surface area (Å²) in [4.78, 5) is 14.8. The third-order valence-corrected chi connectivity index (χ3v) is 5.33. The molecule has 1 aliphatic rings. The van der Waals surface area contributed by atoms with Crippen molar-refractivity contribution in [1.29, 1.82) is 0 Å². The minimum atomic E-state index is 0.0755. The van der Waals surface area contributed by atoms with Gasteiger partial charge in [0.2, 0.25) is 5.91 Å². The molecule has 0 fully saturated rings. The summed E-state index contributed by atoms with van der Waals surface area (Å²) in [5.74, 6) is 2.76. The van der Waals surface area contributed by atoms with Crippen molar-refractivity contribution < 1.29 is 19.0 Å². The number of methoxy groups -OCH3 is 1. The highest BCUT2D eigenvalue weighted by Crippen LogP contribution is 2.31. The van der Waals surface area contributed by atoms with Crippen molar-refractivity contribution >= 4 is 5.91 Å². The molecular formula is C24H32N2O4. The van der Waals surface area contributed by atoms with Gasteiger partial charge in [-0.25, -0.2) is 0 Å². The Labute approximate surface area is 179 Å². The van der Waals surface area contributed by atoms with Gasteiger partial charge in [-0.3, -0.25) is 4.79 Å². The van der Waals surface area contributed by atoms with Gasteiger partial charge in [0.25, 0.3) is 0 Å². The van der Waals surface area contributed by atoms with Crippen LogP contribution in [0, 0.1) is 5.92 Å². The Bertz CT molecular complexity index is 836. The highest BCUT2D eigenvalue weighted by molar-refractivity contribution is 5.78. The summed E-state index contributed by atoms with van der Waals surface area (Å²) in [5, 5.41) is 3.45. The molecular weight excluding hydrogens is 380 g/mol. The fraction of sp³-hybridized carbons (Fsp3) is 0.458. The van der Waals surface area contributed by atoms with E-state index in [0.717, 1.165) is 28.4 Å². The van der Waals surface area contributed by atoms with Crippen molar-refractivity contribution in [2.24, 2.45) is 5.92 Å². The lowest BCUT2D eigenvalue weighted by Crippen LogP contribution is -2.40. The van der Waals surface area contributed by atoms with Crippen molar-refractivity contribution in [3.63, 3.8) is 0 Å². The van der Waals surface area contributed by atoms with Gasteiger partial charge in [-0.05, 0) is 48.2 Å². The number of carbonyl (C=O) groups is 1. The number of amides is 1. The predicted molar refractivity (Wildman–Crippen MR) is 117 cm³/mol. The smallest absolute Gasteiger partial charge is 0.236 e. The molecule has 1 heterocycles. The van der Waals surface area contributed by atoms with Crippen LogP contribution in [0.15, 0.2) is 42.5 Å². The van der Waals surface area contributed by atoms with Crippen LogP contribution in [0.5, 0.6) is 17.2 Å². The average Bonchev–Trinajstić information content (AvgIpc) is 2.77. The van der Waals surface area contributed by atoms with Gasteiger partial charge in [0.05, 0.1) is 13.7 Å². The van der Waals surface area contributed by atoms with Gasteiger partial charge in [0, 0.05) is 19.1 Å². The summed E-state index contributed by atoms with van der Waals surface area (Å²) in [5.41, 5.74) is 2.18. The van der Waals surface area contributed by atoms with Crippen molar-refractivity contribution in [2.45, 2.75) is 33.4 Å². The molecule has 0 saturated carbocycles. The van der Waals surface area contributed by atoms with Gasteiger partial charge < -0.3 is 24.4 Å². The second-order valence-electron chi connectivity index (χ2n) is 7.76. The minimum Gasteiger partial charge on any atom is -0.497 e. The predicted octanol–water partition coefficient (Wildman–Crippen LogP) is 3.80. The molecule has 1 aliphatic heterocycles. The number of hydrogen-bond donors (Lipinski definition) is 1. The zero-order valence-electron chi connectivity index (χ0n) is 18.3. The van der Waals surface area contributed by atoms with Gasteiger partial charge in [-0.2, -0.15) is 0 Å². The zero-order valence-corrected chi connectivity index (χ0v) is 18.3. The normalized spacial score (nSPS) is 13.8. The van der Waals surface area contributed by atoms with E-state index in [1.54, 1.807) is 7.11 Å². The zero-order chi connectivity index (χ0) is 21.5. The van der Waals surface area contributed by atoms with E-state index < -0.39 is 0 Å². The number of ether oxygens (including phenoxy) is 3. The van der Waals surface area contributed by atoms with E-state index in [1.165, 1.54) is 0 Å². The molecule has 1 atom stereocenters. The molecule has 6 heteroatoms. The van der Waals surface area contributed by atoms with Crippen molar-refractivity contribution in [3.05, 3.63) is 53.6 Å². The molecule has 30 heavy (non-hydrogen) atoms. The van der Waals surface area contributed by atoms with E-state index in [2.05, 4.69) is 19.2 Å². The maximum atomic E-state index is 12.9. The number of nitrogens with one attached hydrogen (secondary N) is 1. The first-order chi connectivity index (χ1) is 14.5. The number of carbonyl (C=O) groups excluding carboxylic acids is 1. The molecule has 0 radical (unpaired) electrons. The van der Waals surface area contributed by atoms with Crippen LogP contribution in [-0.2, 0) is 11.3 Å². The monoisotopic (exact) mass is 412 g/mol. The molecule has 1 amide bonds. The molecule has 0 bridgehead atoms. The van der Waals surface area contributed by atoms with Gasteiger partial charge in [0.15, 0.2) is 11.5 Å². The highest BCUT2D eigenvalue weighted by atomic mass is 16.6. The van der Waals surface area contributed by atoms with Gasteiger partial charge in [0.1, 0.15) is 19.0 Å². The molecule has 2 aromatic carbocycles. The third-order valence-electron chi connectivity index (χ3n) is 5.33. The number of rotatable bonds is 9. The fourth-order valence-electron chi connectivity index (χ4n) is 3.64. The van der Waals surface area contributed by atoms with Crippen LogP contribution in [-0.4, -0.2) is 44.2 Å². The number of fused-ring (bicyclic) bond motifs is 1. The average molecular weight is 413 g/mol. The van der Waals surface area contributed by atoms with Crippen LogP contribution >= 0.6 is 0 Å². The highest BCUT2D eigenvalue weighted by Gasteiger charge is 2.20. The van der Waals surface area contributed by atoms with Gasteiger partial charge >= 0.3 is 0 Å². The summed E-state index contributed by atoms with van der Waals surface area (Å²) < 4.78 is 16.5. The standard InChI is InChI=1S/C24H32N2O4/c1-5-26(16-18-6-11-21-22(14-18)30-13-12-29-21)23(27)15-25-24(17(2)3)19-7-9-20(28-4)10-8-19/h6-11,14,17,24-25H,5,12-13,15-16H2,1-4H3. The van der Waals surface area contributed by atoms with Crippen LogP contribution in [0.25, 0.3) is 0 Å². The number of likely N-dealkylation sites (N-methyl/N-ethyl adjacent to an activating group) is 1. The first kappa shape index (κ1) is 22.0. The SMILES string of the molecule is CCN(Cc1ccc2c(c1)OCCO2)C(=O)CNC(c1ccc(OC)cc1)C(C)C. The second kappa shape index (κ2) is 10.3. The molecule has 0 aliphatic carbocycles. The number of benzene rings is 2. The van der Waals surface area contributed by atoms with Crippen LogP contribution in [0.2, 0.25) is 0 Å². The quantitative estimate of drug-likeness (QED) is 0.679. The van der Waals surface area contributed by atoms with Crippen LogP contribution in [0.4, 0.5) is 0 Å². The Morgan fingerprint density at radius 2 is 1.80 bits per heavy atom. The summed E-state index contributed by atoms with van der Waals surface area (Å²) in [6.07, 6.45) is 0. The van der Waals surface area contributed by atoms with E-state index in [1.807, 2.05) is 54.3 Å². The first-order valence-electron chi connectivity index (χ1n) is 10.6. The second-order valence-corrected chi connectivity index (χ2v) is 7.76. The summed E-state index contributed by atoms with van der Waals surface area (Å²) >= 11 is 0. The minimum absolute atomic E-state index is 0.0755. The number of nitrogens with zero attached hydrogens (tertiary/aromatic N) is 1. The molecule has 1 unspecified atom stereocenters. The molecule has 6 nitrogen and oxygen atoms in total. The Hall–Kier alpha value is -2.73. The lowest BCUT2D eigenvalue weighted by Gasteiger charge is -2.26. The van der Waals surface area contributed by atoms with Crippen LogP contribution in [0.3, 0.4) is 0 Å². The molecule has 0 spiro atoms. The Morgan fingerprint density at radius 3 is 2.43 bits per heavy atom. The van der Waals surface area contributed by atoms with E-state index in [0.29, 0.717) is 32.2 Å². The Morgan fingerprint density at radius 1 is 1.10 bits per heavy atom. The van der Waals surface area contributed by atoms with Crippen LogP contribution < -0.4 is 19.5 Å². The summed E-state index contributed by atoms with van der Waals surface area (Å²) in [7, 11) is 1.66.